The van der Waals surface area contributed by atoms with Crippen LogP contribution >= 0.6 is 0 Å². The van der Waals surface area contributed by atoms with E-state index in [1.54, 1.807) is 7.11 Å². The Bertz CT molecular complexity index is 178. The van der Waals surface area contributed by atoms with Gasteiger partial charge in [-0.05, 0) is 31.6 Å². The van der Waals surface area contributed by atoms with E-state index in [1.165, 1.54) is 12.8 Å². The molecule has 2 fully saturated rings. The van der Waals surface area contributed by atoms with Crippen LogP contribution in [0.5, 0.6) is 0 Å². The van der Waals surface area contributed by atoms with Crippen LogP contribution in [0.4, 0.5) is 0 Å². The van der Waals surface area contributed by atoms with Crippen LogP contribution in [-0.4, -0.2) is 37.0 Å². The second kappa shape index (κ2) is 3.56. The number of nitrogens with one attached hydrogen (secondary N) is 1. The zero-order valence-corrected chi connectivity index (χ0v) is 8.25. The largest absolute Gasteiger partial charge is 0.386 e. The number of hydrogen-bond donors (Lipinski definition) is 2. The summed E-state index contributed by atoms with van der Waals surface area (Å²) in [5.41, 5.74) is -0.600. The maximum Gasteiger partial charge on any atom is 0.103 e. The Morgan fingerprint density at radius 2 is 2.08 bits per heavy atom. The van der Waals surface area contributed by atoms with Gasteiger partial charge in [-0.1, -0.05) is 0 Å². The highest BCUT2D eigenvalue weighted by molar-refractivity contribution is 4.97. The molecule has 3 nitrogen and oxygen atoms in total. The molecule has 1 atom stereocenters. The first-order chi connectivity index (χ1) is 6.24. The monoisotopic (exact) mass is 185 g/mol. The van der Waals surface area contributed by atoms with Crippen molar-refractivity contribution in [3.05, 3.63) is 0 Å². The van der Waals surface area contributed by atoms with Crippen LogP contribution in [0, 0.1) is 5.92 Å². The fraction of sp³-hybridized carbons (Fsp3) is 1.00. The van der Waals surface area contributed by atoms with E-state index in [0.29, 0.717) is 25.1 Å². The van der Waals surface area contributed by atoms with Crippen molar-refractivity contribution in [3.63, 3.8) is 0 Å². The number of methoxy groups -OCH3 is 1. The molecular formula is C10H19NO2. The van der Waals surface area contributed by atoms with Crippen LogP contribution in [0.25, 0.3) is 0 Å². The van der Waals surface area contributed by atoms with Crippen LogP contribution in [0.2, 0.25) is 0 Å². The highest BCUT2D eigenvalue weighted by atomic mass is 16.5. The highest BCUT2D eigenvalue weighted by Crippen LogP contribution is 2.39. The van der Waals surface area contributed by atoms with Crippen molar-refractivity contribution < 1.29 is 9.84 Å². The first-order valence-corrected chi connectivity index (χ1v) is 5.19. The van der Waals surface area contributed by atoms with Gasteiger partial charge in [0.2, 0.25) is 0 Å². The quantitative estimate of drug-likeness (QED) is 0.634. The van der Waals surface area contributed by atoms with Crippen molar-refractivity contribution in [3.8, 4) is 0 Å². The summed E-state index contributed by atoms with van der Waals surface area (Å²) in [5.74, 6) is 0.471. The van der Waals surface area contributed by atoms with Gasteiger partial charge in [-0.15, -0.1) is 0 Å². The molecule has 2 N–H and O–H groups in total. The molecule has 2 saturated carbocycles. The molecule has 1 unspecified atom stereocenters. The number of hydrogen-bond acceptors (Lipinski definition) is 3. The predicted molar refractivity (Wildman–Crippen MR) is 50.6 cm³/mol. The number of rotatable bonds is 6. The fourth-order valence-corrected chi connectivity index (χ4v) is 1.79. The third-order valence-corrected chi connectivity index (χ3v) is 3.01. The van der Waals surface area contributed by atoms with Gasteiger partial charge in [-0.25, -0.2) is 0 Å². The van der Waals surface area contributed by atoms with E-state index >= 15 is 0 Å². The predicted octanol–water partition coefficient (Wildman–Crippen LogP) is 0.526. The van der Waals surface area contributed by atoms with E-state index in [-0.39, 0.29) is 0 Å². The van der Waals surface area contributed by atoms with Gasteiger partial charge in [0.25, 0.3) is 0 Å². The van der Waals surface area contributed by atoms with Gasteiger partial charge >= 0.3 is 0 Å². The molecule has 0 aromatic heterocycles. The summed E-state index contributed by atoms with van der Waals surface area (Å²) in [6.45, 7) is 1.17. The van der Waals surface area contributed by atoms with Crippen LogP contribution in [0.15, 0.2) is 0 Å². The third-order valence-electron chi connectivity index (χ3n) is 3.01. The van der Waals surface area contributed by atoms with Crippen LogP contribution in [-0.2, 0) is 4.74 Å². The normalized spacial score (nSPS) is 27.2. The van der Waals surface area contributed by atoms with E-state index in [9.17, 15) is 5.11 Å². The Morgan fingerprint density at radius 1 is 1.38 bits per heavy atom. The molecule has 0 amide bonds. The molecule has 0 aliphatic heterocycles. The van der Waals surface area contributed by atoms with E-state index in [2.05, 4.69) is 5.32 Å². The molecule has 0 saturated heterocycles. The Labute approximate surface area is 79.5 Å². The second-order valence-corrected chi connectivity index (χ2v) is 4.47. The van der Waals surface area contributed by atoms with Gasteiger partial charge in [0.05, 0.1) is 6.61 Å². The molecule has 76 valence electrons. The molecule has 3 heteroatoms. The van der Waals surface area contributed by atoms with Crippen molar-refractivity contribution >= 4 is 0 Å². The summed E-state index contributed by atoms with van der Waals surface area (Å²) in [6, 6.07) is 0.669. The van der Waals surface area contributed by atoms with Crippen LogP contribution in [0.1, 0.15) is 25.7 Å². The molecule has 2 aliphatic rings. The third kappa shape index (κ3) is 2.42. The van der Waals surface area contributed by atoms with Crippen LogP contribution in [0.3, 0.4) is 0 Å². The summed E-state index contributed by atoms with van der Waals surface area (Å²) in [4.78, 5) is 0. The maximum atomic E-state index is 10.2. The lowest BCUT2D eigenvalue weighted by Crippen LogP contribution is -2.47. The van der Waals surface area contributed by atoms with Gasteiger partial charge in [0, 0.05) is 19.7 Å². The molecular weight excluding hydrogens is 166 g/mol. The van der Waals surface area contributed by atoms with Crippen molar-refractivity contribution in [1.82, 2.24) is 5.32 Å². The Hall–Kier alpha value is -0.120. The van der Waals surface area contributed by atoms with Gasteiger partial charge in [0.15, 0.2) is 0 Å². The van der Waals surface area contributed by atoms with Gasteiger partial charge in [0.1, 0.15) is 5.60 Å². The standard InChI is InChI=1S/C10H19NO2/c1-13-7-10(12,8-2-3-8)6-11-9-4-5-9/h8-9,11-12H,2-7H2,1H3. The van der Waals surface area contributed by atoms with E-state index in [4.69, 9.17) is 4.74 Å². The Kier molecular flexibility index (Phi) is 2.58. The molecule has 13 heavy (non-hydrogen) atoms. The second-order valence-electron chi connectivity index (χ2n) is 4.47. The van der Waals surface area contributed by atoms with Crippen molar-refractivity contribution in [2.45, 2.75) is 37.3 Å². The highest BCUT2D eigenvalue weighted by Gasteiger charge is 2.44. The molecule has 0 aromatic rings. The minimum absolute atomic E-state index is 0.470. The molecule has 2 aliphatic carbocycles. The molecule has 0 radical (unpaired) electrons. The average molecular weight is 185 g/mol. The molecule has 0 heterocycles. The van der Waals surface area contributed by atoms with Gasteiger partial charge in [-0.2, -0.15) is 0 Å². The average Bonchev–Trinajstić information content (AvgIpc) is 2.94. The van der Waals surface area contributed by atoms with E-state index in [1.807, 2.05) is 0 Å². The molecule has 0 spiro atoms. The Morgan fingerprint density at radius 3 is 2.54 bits per heavy atom. The summed E-state index contributed by atoms with van der Waals surface area (Å²) >= 11 is 0. The van der Waals surface area contributed by atoms with E-state index in [0.717, 1.165) is 12.8 Å². The van der Waals surface area contributed by atoms with Gasteiger partial charge < -0.3 is 15.2 Å². The fourth-order valence-electron chi connectivity index (χ4n) is 1.79. The van der Waals surface area contributed by atoms with Crippen molar-refractivity contribution in [2.75, 3.05) is 20.3 Å². The zero-order chi connectivity index (χ0) is 9.31. The topological polar surface area (TPSA) is 41.5 Å². The lowest BCUT2D eigenvalue weighted by molar-refractivity contribution is -0.0465. The summed E-state index contributed by atoms with van der Waals surface area (Å²) < 4.78 is 5.07. The first-order valence-electron chi connectivity index (χ1n) is 5.19. The van der Waals surface area contributed by atoms with Gasteiger partial charge in [-0.3, -0.25) is 0 Å². The number of aliphatic hydroxyl groups is 1. The zero-order valence-electron chi connectivity index (χ0n) is 8.25. The molecule has 2 rings (SSSR count). The Balaban J connectivity index is 1.79. The summed E-state index contributed by atoms with van der Waals surface area (Å²) in [5, 5.41) is 13.6. The lowest BCUT2D eigenvalue weighted by atomic mass is 9.99. The van der Waals surface area contributed by atoms with Crippen molar-refractivity contribution in [1.29, 1.82) is 0 Å². The van der Waals surface area contributed by atoms with E-state index < -0.39 is 5.60 Å². The summed E-state index contributed by atoms with van der Waals surface area (Å²) in [7, 11) is 1.66. The lowest BCUT2D eigenvalue weighted by Gasteiger charge is -2.27. The smallest absolute Gasteiger partial charge is 0.103 e. The molecule has 0 bridgehead atoms. The SMILES string of the molecule is COCC(O)(CNC1CC1)C1CC1. The molecule has 0 aromatic carbocycles. The van der Waals surface area contributed by atoms with Crippen LogP contribution < -0.4 is 5.32 Å². The minimum atomic E-state index is -0.600. The minimum Gasteiger partial charge on any atom is -0.386 e. The summed E-state index contributed by atoms with van der Waals surface area (Å²) in [6.07, 6.45) is 4.86. The van der Waals surface area contributed by atoms with Crippen molar-refractivity contribution in [2.24, 2.45) is 5.92 Å². The first kappa shape index (κ1) is 9.44. The maximum absolute atomic E-state index is 10.2. The number of ether oxygens (including phenoxy) is 1.